The summed E-state index contributed by atoms with van der Waals surface area (Å²) in [5.74, 6) is 1.08. The third-order valence-electron chi connectivity index (χ3n) is 3.53. The lowest BCUT2D eigenvalue weighted by Gasteiger charge is -2.12. The van der Waals surface area contributed by atoms with Crippen LogP contribution in [0, 0.1) is 0 Å². The molecule has 0 aromatic heterocycles. The Morgan fingerprint density at radius 1 is 1.09 bits per heavy atom. The van der Waals surface area contributed by atoms with Crippen molar-refractivity contribution in [2.24, 2.45) is 5.73 Å². The smallest absolute Gasteiger partial charge is 0.234 e. The monoisotopic (exact) mass is 314 g/mol. The lowest BCUT2D eigenvalue weighted by atomic mass is 10.1. The molecule has 2 aromatic rings. The second-order valence-electron chi connectivity index (χ2n) is 5.26. The fourth-order valence-corrected chi connectivity index (χ4v) is 2.02. The van der Waals surface area contributed by atoms with Gasteiger partial charge in [-0.1, -0.05) is 36.4 Å². The fourth-order valence-electron chi connectivity index (χ4n) is 2.02. The van der Waals surface area contributed by atoms with Gasteiger partial charge in [-0.3, -0.25) is 4.79 Å². The molecule has 0 bridgehead atoms. The molecule has 0 radical (unpaired) electrons. The van der Waals surface area contributed by atoms with E-state index in [9.17, 15) is 4.79 Å². The van der Waals surface area contributed by atoms with Crippen LogP contribution in [0.15, 0.2) is 48.5 Å². The van der Waals surface area contributed by atoms with Crippen LogP contribution < -0.4 is 20.5 Å². The van der Waals surface area contributed by atoms with E-state index in [2.05, 4.69) is 5.32 Å². The highest BCUT2D eigenvalue weighted by molar-refractivity contribution is 5.79. The van der Waals surface area contributed by atoms with Gasteiger partial charge >= 0.3 is 0 Å². The van der Waals surface area contributed by atoms with Crippen LogP contribution in [0.4, 0.5) is 0 Å². The quantitative estimate of drug-likeness (QED) is 0.784. The Hall–Kier alpha value is -2.53. The van der Waals surface area contributed by atoms with Gasteiger partial charge < -0.3 is 20.5 Å². The summed E-state index contributed by atoms with van der Waals surface area (Å²) in [5.41, 5.74) is 7.36. The number of ether oxygens (including phenoxy) is 2. The minimum absolute atomic E-state index is 0.344. The SMILES string of the molecule is COc1ccccc1OCc1ccc(CN[C@@H](C)C(N)=O)cc1. The Bertz CT molecular complexity index is 641. The molecule has 5 nitrogen and oxygen atoms in total. The molecule has 0 aliphatic rings. The Morgan fingerprint density at radius 2 is 1.70 bits per heavy atom. The number of hydrogen-bond acceptors (Lipinski definition) is 4. The summed E-state index contributed by atoms with van der Waals surface area (Å²) in [6.45, 7) is 2.81. The van der Waals surface area contributed by atoms with E-state index in [1.165, 1.54) is 0 Å². The zero-order valence-electron chi connectivity index (χ0n) is 13.4. The number of carbonyl (C=O) groups excluding carboxylic acids is 1. The molecular weight excluding hydrogens is 292 g/mol. The molecule has 0 aliphatic heterocycles. The molecule has 2 aromatic carbocycles. The molecular formula is C18H22N2O3. The summed E-state index contributed by atoms with van der Waals surface area (Å²) in [5, 5.41) is 3.07. The Balaban J connectivity index is 1.89. The standard InChI is InChI=1S/C18H22N2O3/c1-13(18(19)21)20-11-14-7-9-15(10-8-14)12-23-17-6-4-3-5-16(17)22-2/h3-10,13,20H,11-12H2,1-2H3,(H2,19,21)/t13-/m0/s1. The molecule has 1 atom stereocenters. The first kappa shape index (κ1) is 16.8. The number of hydrogen-bond donors (Lipinski definition) is 2. The first-order valence-electron chi connectivity index (χ1n) is 7.46. The molecule has 5 heteroatoms. The number of amides is 1. The highest BCUT2D eigenvalue weighted by Gasteiger charge is 2.07. The predicted molar refractivity (Wildman–Crippen MR) is 89.3 cm³/mol. The number of nitrogens with one attached hydrogen (secondary N) is 1. The van der Waals surface area contributed by atoms with Crippen molar-refractivity contribution in [2.75, 3.05) is 7.11 Å². The van der Waals surface area contributed by atoms with Gasteiger partial charge in [0.25, 0.3) is 0 Å². The van der Waals surface area contributed by atoms with E-state index in [0.29, 0.717) is 18.9 Å². The molecule has 0 spiro atoms. The van der Waals surface area contributed by atoms with E-state index in [1.54, 1.807) is 14.0 Å². The average Bonchev–Trinajstić information content (AvgIpc) is 2.58. The molecule has 3 N–H and O–H groups in total. The summed E-state index contributed by atoms with van der Waals surface area (Å²) in [6.07, 6.45) is 0. The van der Waals surface area contributed by atoms with Gasteiger partial charge in [-0.15, -0.1) is 0 Å². The molecule has 122 valence electrons. The van der Waals surface area contributed by atoms with Crippen molar-refractivity contribution in [1.82, 2.24) is 5.32 Å². The van der Waals surface area contributed by atoms with Crippen LogP contribution in [0.3, 0.4) is 0 Å². The Kier molecular flexibility index (Phi) is 6.00. The Morgan fingerprint density at radius 3 is 2.30 bits per heavy atom. The first-order valence-corrected chi connectivity index (χ1v) is 7.46. The van der Waals surface area contributed by atoms with Gasteiger partial charge in [-0.05, 0) is 30.2 Å². The maximum absolute atomic E-state index is 11.0. The van der Waals surface area contributed by atoms with Gasteiger partial charge in [0.05, 0.1) is 13.2 Å². The molecule has 0 saturated heterocycles. The average molecular weight is 314 g/mol. The van der Waals surface area contributed by atoms with Crippen LogP contribution in [0.1, 0.15) is 18.1 Å². The molecule has 0 aliphatic carbocycles. The molecule has 2 rings (SSSR count). The normalized spacial score (nSPS) is 11.7. The number of primary amides is 1. The van der Waals surface area contributed by atoms with Crippen molar-refractivity contribution >= 4 is 5.91 Å². The minimum atomic E-state index is -0.355. The van der Waals surface area contributed by atoms with E-state index in [4.69, 9.17) is 15.2 Å². The van der Waals surface area contributed by atoms with Gasteiger partial charge in [0.15, 0.2) is 11.5 Å². The van der Waals surface area contributed by atoms with E-state index >= 15 is 0 Å². The van der Waals surface area contributed by atoms with E-state index in [-0.39, 0.29) is 11.9 Å². The van der Waals surface area contributed by atoms with Crippen molar-refractivity contribution in [2.45, 2.75) is 26.1 Å². The van der Waals surface area contributed by atoms with Crippen LogP contribution in [0.25, 0.3) is 0 Å². The summed E-state index contributed by atoms with van der Waals surface area (Å²) >= 11 is 0. The predicted octanol–water partition coefficient (Wildman–Crippen LogP) is 2.24. The zero-order valence-corrected chi connectivity index (χ0v) is 13.4. The van der Waals surface area contributed by atoms with Crippen LogP contribution in [-0.2, 0) is 17.9 Å². The van der Waals surface area contributed by atoms with Crippen LogP contribution in [0.2, 0.25) is 0 Å². The summed E-state index contributed by atoms with van der Waals surface area (Å²) < 4.78 is 11.0. The van der Waals surface area contributed by atoms with Crippen molar-refractivity contribution in [3.8, 4) is 11.5 Å². The molecule has 1 amide bonds. The van der Waals surface area contributed by atoms with E-state index < -0.39 is 0 Å². The minimum Gasteiger partial charge on any atom is -0.493 e. The zero-order chi connectivity index (χ0) is 16.7. The third kappa shape index (κ3) is 5.00. The number of methoxy groups -OCH3 is 1. The molecule has 23 heavy (non-hydrogen) atoms. The number of benzene rings is 2. The highest BCUT2D eigenvalue weighted by Crippen LogP contribution is 2.26. The van der Waals surface area contributed by atoms with E-state index in [1.807, 2.05) is 48.5 Å². The highest BCUT2D eigenvalue weighted by atomic mass is 16.5. The lowest BCUT2D eigenvalue weighted by Crippen LogP contribution is -2.38. The first-order chi connectivity index (χ1) is 11.1. The van der Waals surface area contributed by atoms with Gasteiger partial charge in [0, 0.05) is 6.54 Å². The van der Waals surface area contributed by atoms with Crippen LogP contribution in [-0.4, -0.2) is 19.1 Å². The maximum Gasteiger partial charge on any atom is 0.234 e. The number of para-hydroxylation sites is 2. The second kappa shape index (κ2) is 8.19. The maximum atomic E-state index is 11.0. The summed E-state index contributed by atoms with van der Waals surface area (Å²) in [4.78, 5) is 11.0. The van der Waals surface area contributed by atoms with E-state index in [0.717, 1.165) is 16.9 Å². The molecule has 0 unspecified atom stereocenters. The topological polar surface area (TPSA) is 73.6 Å². The molecule has 0 saturated carbocycles. The van der Waals surface area contributed by atoms with Gasteiger partial charge in [0.1, 0.15) is 6.61 Å². The fraction of sp³-hybridized carbons (Fsp3) is 0.278. The molecule has 0 fully saturated rings. The second-order valence-corrected chi connectivity index (χ2v) is 5.26. The third-order valence-corrected chi connectivity index (χ3v) is 3.53. The number of nitrogens with two attached hydrogens (primary N) is 1. The van der Waals surface area contributed by atoms with Crippen LogP contribution in [0.5, 0.6) is 11.5 Å². The lowest BCUT2D eigenvalue weighted by molar-refractivity contribution is -0.119. The van der Waals surface area contributed by atoms with Crippen molar-refractivity contribution in [1.29, 1.82) is 0 Å². The van der Waals surface area contributed by atoms with Crippen molar-refractivity contribution in [3.05, 3.63) is 59.7 Å². The largest absolute Gasteiger partial charge is 0.493 e. The van der Waals surface area contributed by atoms with Crippen molar-refractivity contribution in [3.63, 3.8) is 0 Å². The van der Waals surface area contributed by atoms with Gasteiger partial charge in [0.2, 0.25) is 5.91 Å². The summed E-state index contributed by atoms with van der Waals surface area (Å²) in [6, 6.07) is 15.2. The van der Waals surface area contributed by atoms with Crippen molar-refractivity contribution < 1.29 is 14.3 Å². The summed E-state index contributed by atoms with van der Waals surface area (Å²) in [7, 11) is 1.62. The Labute approximate surface area is 136 Å². The van der Waals surface area contributed by atoms with Crippen LogP contribution >= 0.6 is 0 Å². The molecule has 0 heterocycles. The van der Waals surface area contributed by atoms with Gasteiger partial charge in [-0.25, -0.2) is 0 Å². The number of rotatable bonds is 8. The van der Waals surface area contributed by atoms with Gasteiger partial charge in [-0.2, -0.15) is 0 Å². The number of carbonyl (C=O) groups is 1.